The molecule has 2 N–H and O–H groups in total. The highest BCUT2D eigenvalue weighted by Crippen LogP contribution is 2.24. The molecule has 1 aliphatic rings. The lowest BCUT2D eigenvalue weighted by Gasteiger charge is -2.24. The highest BCUT2D eigenvalue weighted by atomic mass is 16.1. The Morgan fingerprint density at radius 2 is 2.12 bits per heavy atom. The van der Waals surface area contributed by atoms with E-state index in [-0.39, 0.29) is 10.4 Å². The van der Waals surface area contributed by atoms with Crippen molar-refractivity contribution in [1.29, 1.82) is 0 Å². The van der Waals surface area contributed by atoms with Crippen LogP contribution in [0.3, 0.4) is 0 Å². The van der Waals surface area contributed by atoms with Crippen molar-refractivity contribution in [2.45, 2.75) is 13.3 Å². The van der Waals surface area contributed by atoms with E-state index in [9.17, 15) is 4.79 Å². The molecule has 0 amide bonds. The smallest absolute Gasteiger partial charge is 0.211 e. The zero-order chi connectivity index (χ0) is 18.1. The summed E-state index contributed by atoms with van der Waals surface area (Å²) in [7, 11) is 1.91. The summed E-state index contributed by atoms with van der Waals surface area (Å²) < 4.78 is 0.161. The maximum atomic E-state index is 12.3. The van der Waals surface area contributed by atoms with Gasteiger partial charge in [-0.2, -0.15) is 5.10 Å². The molecule has 1 aromatic carbocycles. The van der Waals surface area contributed by atoms with Crippen LogP contribution in [0.4, 0.5) is 5.69 Å². The van der Waals surface area contributed by atoms with Gasteiger partial charge in [-0.3, -0.25) is 9.89 Å². The van der Waals surface area contributed by atoms with Crippen LogP contribution in [0.1, 0.15) is 11.3 Å². The van der Waals surface area contributed by atoms with Crippen molar-refractivity contribution in [3.8, 4) is 11.4 Å². The number of allylic oxidation sites excluding steroid dienone is 1. The van der Waals surface area contributed by atoms with Crippen LogP contribution in [0.25, 0.3) is 11.4 Å². The van der Waals surface area contributed by atoms with Gasteiger partial charge in [0.1, 0.15) is 31.0 Å². The Morgan fingerprint density at radius 1 is 1.23 bits per heavy atom. The number of nitrogens with zero attached hydrogens (tertiary/aromatic N) is 4. The standard InChI is InChI=1S/C19H19N6O/c1-13-10-20-19(23-13)15-5-3-4-14(8-15)9-17-18(26)6-7-25(2,24-17)16-11-21-22-12-16/h3-8,10-12H,9H2,1-2H3,(H,20,23)(H,21,22)/q+1. The number of rotatable bonds is 4. The van der Waals surface area contributed by atoms with Gasteiger partial charge in [0.15, 0.2) is 0 Å². The van der Waals surface area contributed by atoms with Gasteiger partial charge in [-0.05, 0) is 18.6 Å². The Morgan fingerprint density at radius 3 is 2.85 bits per heavy atom. The molecule has 0 spiro atoms. The number of carbonyl (C=O) groups is 1. The van der Waals surface area contributed by atoms with Gasteiger partial charge in [0.05, 0.1) is 6.20 Å². The molecule has 26 heavy (non-hydrogen) atoms. The molecule has 7 nitrogen and oxygen atoms in total. The quantitative estimate of drug-likeness (QED) is 0.712. The zero-order valence-corrected chi connectivity index (χ0v) is 14.6. The van der Waals surface area contributed by atoms with Crippen molar-refractivity contribution < 1.29 is 4.79 Å². The number of hydrogen-bond acceptors (Lipinski definition) is 4. The first-order valence-corrected chi connectivity index (χ1v) is 8.33. The number of nitrogens with one attached hydrogen (secondary N) is 2. The van der Waals surface area contributed by atoms with E-state index in [1.807, 2.05) is 38.2 Å². The molecule has 3 heterocycles. The van der Waals surface area contributed by atoms with Gasteiger partial charge in [-0.25, -0.2) is 4.98 Å². The minimum absolute atomic E-state index is 0.0664. The van der Waals surface area contributed by atoms with E-state index in [4.69, 9.17) is 0 Å². The molecule has 4 rings (SSSR count). The molecule has 7 heteroatoms. The third kappa shape index (κ3) is 3.00. The number of ketones is 1. The molecule has 0 saturated heterocycles. The minimum Gasteiger partial charge on any atom is -0.342 e. The van der Waals surface area contributed by atoms with Crippen molar-refractivity contribution in [1.82, 2.24) is 24.8 Å². The number of hydrogen-bond donors (Lipinski definition) is 2. The fraction of sp³-hybridized carbons (Fsp3) is 0.158. The third-order valence-corrected chi connectivity index (χ3v) is 4.41. The largest absolute Gasteiger partial charge is 0.342 e. The van der Waals surface area contributed by atoms with Gasteiger partial charge in [0.2, 0.25) is 11.5 Å². The molecule has 0 radical (unpaired) electrons. The monoisotopic (exact) mass is 347 g/mol. The fourth-order valence-corrected chi connectivity index (χ4v) is 2.98. The molecule has 1 unspecified atom stereocenters. The van der Waals surface area contributed by atoms with E-state index < -0.39 is 0 Å². The lowest BCUT2D eigenvalue weighted by Crippen LogP contribution is -2.39. The van der Waals surface area contributed by atoms with Crippen LogP contribution in [0.2, 0.25) is 0 Å². The molecule has 0 bridgehead atoms. The summed E-state index contributed by atoms with van der Waals surface area (Å²) in [4.78, 5) is 19.9. The average Bonchev–Trinajstić information content (AvgIpc) is 3.31. The van der Waals surface area contributed by atoms with E-state index in [0.717, 1.165) is 28.3 Å². The second-order valence-electron chi connectivity index (χ2n) is 6.50. The normalized spacial score (nSPS) is 19.6. The number of aromatic nitrogens is 4. The van der Waals surface area contributed by atoms with Crippen LogP contribution >= 0.6 is 0 Å². The van der Waals surface area contributed by atoms with Gasteiger partial charge < -0.3 is 4.98 Å². The van der Waals surface area contributed by atoms with Gasteiger partial charge in [0, 0.05) is 30.0 Å². The van der Waals surface area contributed by atoms with Crippen molar-refractivity contribution >= 4 is 17.2 Å². The second kappa shape index (κ2) is 6.20. The topological polar surface area (TPSA) is 86.8 Å². The van der Waals surface area contributed by atoms with Crippen molar-refractivity contribution in [2.75, 3.05) is 7.05 Å². The van der Waals surface area contributed by atoms with E-state index in [1.165, 1.54) is 0 Å². The van der Waals surface area contributed by atoms with Gasteiger partial charge in [0.25, 0.3) is 0 Å². The molecular weight excluding hydrogens is 328 g/mol. The highest BCUT2D eigenvalue weighted by molar-refractivity contribution is 6.44. The Hall–Kier alpha value is -3.32. The SMILES string of the molecule is Cc1cnc(-c2cccc(CC3=N[N+](C)(c4cn[nH]c4)C=CC3=O)c2)[nH]1. The number of carbonyl (C=O) groups excluding carboxylic acids is 1. The van der Waals surface area contributed by atoms with Gasteiger partial charge in [-0.1, -0.05) is 23.3 Å². The number of aromatic amines is 2. The lowest BCUT2D eigenvalue weighted by atomic mass is 10.0. The molecule has 0 aliphatic carbocycles. The summed E-state index contributed by atoms with van der Waals surface area (Å²) in [5.74, 6) is 0.753. The Balaban J connectivity index is 1.64. The average molecular weight is 347 g/mol. The maximum Gasteiger partial charge on any atom is 0.211 e. The van der Waals surface area contributed by atoms with Crippen LogP contribution in [0, 0.1) is 6.92 Å². The Kier molecular flexibility index (Phi) is 3.85. The first-order valence-electron chi connectivity index (χ1n) is 8.33. The van der Waals surface area contributed by atoms with Crippen LogP contribution in [0.15, 0.2) is 60.2 Å². The number of H-pyrrole nitrogens is 2. The summed E-state index contributed by atoms with van der Waals surface area (Å²) in [6, 6.07) is 8.00. The first-order chi connectivity index (χ1) is 12.5. The Bertz CT molecular complexity index is 1010. The zero-order valence-electron chi connectivity index (χ0n) is 14.6. The minimum atomic E-state index is -0.0664. The molecule has 1 aliphatic heterocycles. The molecule has 130 valence electrons. The molecule has 3 aromatic rings. The third-order valence-electron chi connectivity index (χ3n) is 4.41. The molecular formula is C19H19N6O+. The number of benzene rings is 1. The Labute approximate surface area is 150 Å². The maximum absolute atomic E-state index is 12.3. The van der Waals surface area contributed by atoms with Crippen molar-refractivity contribution in [2.24, 2.45) is 5.10 Å². The predicted molar refractivity (Wildman–Crippen MR) is 100 cm³/mol. The summed E-state index contributed by atoms with van der Waals surface area (Å²) in [6.07, 6.45) is 9.09. The first kappa shape index (κ1) is 16.2. The van der Waals surface area contributed by atoms with Gasteiger partial charge >= 0.3 is 0 Å². The predicted octanol–water partition coefficient (Wildman–Crippen LogP) is 2.74. The summed E-state index contributed by atoms with van der Waals surface area (Å²) >= 11 is 0. The van der Waals surface area contributed by atoms with Crippen LogP contribution in [0.5, 0.6) is 0 Å². The summed E-state index contributed by atoms with van der Waals surface area (Å²) in [5.41, 5.74) is 4.39. The van der Waals surface area contributed by atoms with Crippen LogP contribution in [-0.2, 0) is 11.2 Å². The number of quaternary nitrogens is 1. The lowest BCUT2D eigenvalue weighted by molar-refractivity contribution is -0.109. The van der Waals surface area contributed by atoms with E-state index in [0.29, 0.717) is 12.1 Å². The van der Waals surface area contributed by atoms with Crippen LogP contribution in [-0.4, -0.2) is 38.7 Å². The molecule has 2 aromatic heterocycles. The van der Waals surface area contributed by atoms with E-state index in [2.05, 4.69) is 25.3 Å². The van der Waals surface area contributed by atoms with Crippen molar-refractivity contribution in [3.63, 3.8) is 0 Å². The fourth-order valence-electron chi connectivity index (χ4n) is 2.98. The summed E-state index contributed by atoms with van der Waals surface area (Å²) in [6.45, 7) is 1.97. The summed E-state index contributed by atoms with van der Waals surface area (Å²) in [5, 5.41) is 11.4. The molecule has 0 saturated carbocycles. The second-order valence-corrected chi connectivity index (χ2v) is 6.50. The molecule has 0 fully saturated rings. The number of aryl methyl sites for hydroxylation is 1. The van der Waals surface area contributed by atoms with Crippen molar-refractivity contribution in [3.05, 3.63) is 66.4 Å². The molecule has 1 atom stereocenters. The van der Waals surface area contributed by atoms with Crippen LogP contribution < -0.4 is 4.59 Å². The van der Waals surface area contributed by atoms with E-state index >= 15 is 0 Å². The highest BCUT2D eigenvalue weighted by Gasteiger charge is 2.30. The van der Waals surface area contributed by atoms with E-state index in [1.54, 1.807) is 30.9 Å². The van der Waals surface area contributed by atoms with Gasteiger partial charge in [-0.15, -0.1) is 4.59 Å². The number of imidazole rings is 1.